The van der Waals surface area contributed by atoms with Crippen LogP contribution in [0.4, 0.5) is 13.2 Å². The molecule has 0 radical (unpaired) electrons. The van der Waals surface area contributed by atoms with Crippen molar-refractivity contribution in [2.24, 2.45) is 0 Å². The SMILES string of the molecule is Fc1cccc(-c2cnc(F)cc2-c2cccc(F)c2)c1. The molecule has 1 heterocycles. The molecule has 4 heteroatoms. The van der Waals surface area contributed by atoms with E-state index in [0.29, 0.717) is 22.3 Å². The summed E-state index contributed by atoms with van der Waals surface area (Å²) in [6, 6.07) is 12.9. The lowest BCUT2D eigenvalue weighted by Gasteiger charge is -2.10. The molecule has 21 heavy (non-hydrogen) atoms. The summed E-state index contributed by atoms with van der Waals surface area (Å²) in [6.45, 7) is 0. The lowest BCUT2D eigenvalue weighted by atomic mass is 9.96. The van der Waals surface area contributed by atoms with Gasteiger partial charge in [0.15, 0.2) is 0 Å². The molecule has 0 saturated carbocycles. The predicted molar refractivity (Wildman–Crippen MR) is 75.0 cm³/mol. The van der Waals surface area contributed by atoms with Crippen molar-refractivity contribution in [1.29, 1.82) is 0 Å². The highest BCUT2D eigenvalue weighted by atomic mass is 19.1. The van der Waals surface area contributed by atoms with Crippen LogP contribution in [-0.2, 0) is 0 Å². The van der Waals surface area contributed by atoms with E-state index in [1.165, 1.54) is 36.5 Å². The molecule has 3 aromatic rings. The first-order chi connectivity index (χ1) is 10.1. The van der Waals surface area contributed by atoms with Gasteiger partial charge in [0.2, 0.25) is 5.95 Å². The molecular formula is C17H10F3N. The summed E-state index contributed by atoms with van der Waals surface area (Å²) in [4.78, 5) is 3.61. The molecule has 0 fully saturated rings. The average molecular weight is 285 g/mol. The van der Waals surface area contributed by atoms with Crippen molar-refractivity contribution < 1.29 is 13.2 Å². The summed E-state index contributed by atoms with van der Waals surface area (Å²) in [5.74, 6) is -1.49. The van der Waals surface area contributed by atoms with Crippen molar-refractivity contribution >= 4 is 0 Å². The van der Waals surface area contributed by atoms with Gasteiger partial charge in [-0.2, -0.15) is 4.39 Å². The second-order valence-electron chi connectivity index (χ2n) is 4.57. The number of halogens is 3. The zero-order valence-electron chi connectivity index (χ0n) is 10.9. The van der Waals surface area contributed by atoms with E-state index >= 15 is 0 Å². The summed E-state index contributed by atoms with van der Waals surface area (Å²) in [7, 11) is 0. The van der Waals surface area contributed by atoms with Gasteiger partial charge >= 0.3 is 0 Å². The zero-order valence-corrected chi connectivity index (χ0v) is 10.9. The van der Waals surface area contributed by atoms with Gasteiger partial charge in [0.1, 0.15) is 11.6 Å². The van der Waals surface area contributed by atoms with E-state index in [0.717, 1.165) is 0 Å². The Labute approximate surface area is 119 Å². The lowest BCUT2D eigenvalue weighted by Crippen LogP contribution is -1.91. The van der Waals surface area contributed by atoms with E-state index in [9.17, 15) is 13.2 Å². The Balaban J connectivity index is 2.22. The predicted octanol–water partition coefficient (Wildman–Crippen LogP) is 4.83. The third-order valence-electron chi connectivity index (χ3n) is 3.14. The molecule has 0 saturated heterocycles. The Hall–Kier alpha value is -2.62. The van der Waals surface area contributed by atoms with Crippen molar-refractivity contribution in [3.05, 3.63) is 78.4 Å². The van der Waals surface area contributed by atoms with Crippen LogP contribution in [0.2, 0.25) is 0 Å². The van der Waals surface area contributed by atoms with E-state index in [2.05, 4.69) is 4.98 Å². The van der Waals surface area contributed by atoms with Crippen molar-refractivity contribution in [3.8, 4) is 22.3 Å². The van der Waals surface area contributed by atoms with E-state index < -0.39 is 17.6 Å². The van der Waals surface area contributed by atoms with Gasteiger partial charge < -0.3 is 0 Å². The third kappa shape index (κ3) is 2.79. The summed E-state index contributed by atoms with van der Waals surface area (Å²) < 4.78 is 40.2. The molecular weight excluding hydrogens is 275 g/mol. The van der Waals surface area contributed by atoms with Crippen LogP contribution < -0.4 is 0 Å². The summed E-state index contributed by atoms with van der Waals surface area (Å²) >= 11 is 0. The zero-order chi connectivity index (χ0) is 14.8. The van der Waals surface area contributed by atoms with Crippen molar-refractivity contribution in [3.63, 3.8) is 0 Å². The summed E-state index contributed by atoms with van der Waals surface area (Å²) in [5, 5.41) is 0. The maximum absolute atomic E-state index is 13.4. The molecule has 0 aliphatic rings. The molecule has 0 atom stereocenters. The second kappa shape index (κ2) is 5.40. The van der Waals surface area contributed by atoms with E-state index in [-0.39, 0.29) is 0 Å². The van der Waals surface area contributed by atoms with Crippen LogP contribution in [0, 0.1) is 17.6 Å². The topological polar surface area (TPSA) is 12.9 Å². The van der Waals surface area contributed by atoms with Crippen LogP contribution >= 0.6 is 0 Å². The van der Waals surface area contributed by atoms with Gasteiger partial charge in [0.25, 0.3) is 0 Å². The first-order valence-electron chi connectivity index (χ1n) is 6.31. The Morgan fingerprint density at radius 2 is 1.24 bits per heavy atom. The van der Waals surface area contributed by atoms with E-state index in [4.69, 9.17) is 0 Å². The number of pyridine rings is 1. The fourth-order valence-electron chi connectivity index (χ4n) is 2.21. The molecule has 1 nitrogen and oxygen atoms in total. The molecule has 2 aromatic carbocycles. The largest absolute Gasteiger partial charge is 0.228 e. The van der Waals surface area contributed by atoms with Gasteiger partial charge in [-0.25, -0.2) is 13.8 Å². The van der Waals surface area contributed by atoms with Crippen LogP contribution in [0.25, 0.3) is 22.3 Å². The minimum atomic E-state index is -0.672. The highest BCUT2D eigenvalue weighted by molar-refractivity contribution is 5.82. The van der Waals surface area contributed by atoms with Gasteiger partial charge in [-0.3, -0.25) is 0 Å². The molecule has 1 aromatic heterocycles. The number of aromatic nitrogens is 1. The third-order valence-corrected chi connectivity index (χ3v) is 3.14. The first kappa shape index (κ1) is 13.4. The fraction of sp³-hybridized carbons (Fsp3) is 0. The molecule has 104 valence electrons. The van der Waals surface area contributed by atoms with Gasteiger partial charge in [-0.05, 0) is 41.0 Å². The molecule has 3 rings (SSSR count). The molecule has 0 bridgehead atoms. The Morgan fingerprint density at radius 3 is 1.81 bits per heavy atom. The summed E-state index contributed by atoms with van der Waals surface area (Å²) in [6.07, 6.45) is 1.32. The number of hydrogen-bond donors (Lipinski definition) is 0. The summed E-state index contributed by atoms with van der Waals surface area (Å²) in [5.41, 5.74) is 2.08. The molecule has 0 aliphatic heterocycles. The Kier molecular flexibility index (Phi) is 3.44. The first-order valence-corrected chi connectivity index (χ1v) is 6.31. The van der Waals surface area contributed by atoms with E-state index in [1.54, 1.807) is 24.3 Å². The smallest absolute Gasteiger partial charge is 0.213 e. The highest BCUT2D eigenvalue weighted by Gasteiger charge is 2.11. The van der Waals surface area contributed by atoms with Crippen LogP contribution in [0.3, 0.4) is 0 Å². The van der Waals surface area contributed by atoms with Crippen LogP contribution in [-0.4, -0.2) is 4.98 Å². The fourth-order valence-corrected chi connectivity index (χ4v) is 2.21. The maximum Gasteiger partial charge on any atom is 0.213 e. The lowest BCUT2D eigenvalue weighted by molar-refractivity contribution is 0.584. The minimum absolute atomic E-state index is 0.401. The minimum Gasteiger partial charge on any atom is -0.228 e. The van der Waals surface area contributed by atoms with Crippen LogP contribution in [0.1, 0.15) is 0 Å². The molecule has 0 aliphatic carbocycles. The molecule has 0 spiro atoms. The quantitative estimate of drug-likeness (QED) is 0.614. The van der Waals surface area contributed by atoms with Crippen LogP contribution in [0.15, 0.2) is 60.8 Å². The molecule has 0 unspecified atom stereocenters. The molecule has 0 N–H and O–H groups in total. The highest BCUT2D eigenvalue weighted by Crippen LogP contribution is 2.32. The number of rotatable bonds is 2. The van der Waals surface area contributed by atoms with Gasteiger partial charge in [0.05, 0.1) is 0 Å². The maximum atomic E-state index is 13.4. The Morgan fingerprint density at radius 1 is 0.667 bits per heavy atom. The van der Waals surface area contributed by atoms with E-state index in [1.807, 2.05) is 0 Å². The normalized spacial score (nSPS) is 10.6. The second-order valence-corrected chi connectivity index (χ2v) is 4.57. The molecule has 0 amide bonds. The van der Waals surface area contributed by atoms with Crippen molar-refractivity contribution in [2.45, 2.75) is 0 Å². The monoisotopic (exact) mass is 285 g/mol. The Bertz CT molecular complexity index is 800. The number of benzene rings is 2. The number of nitrogens with zero attached hydrogens (tertiary/aromatic N) is 1. The standard InChI is InChI=1S/C17H10F3N/c18-13-5-1-3-11(7-13)15-9-17(20)21-10-16(15)12-4-2-6-14(19)8-12/h1-10H. The number of hydrogen-bond acceptors (Lipinski definition) is 1. The van der Waals surface area contributed by atoms with Crippen molar-refractivity contribution in [2.75, 3.05) is 0 Å². The van der Waals surface area contributed by atoms with Gasteiger partial charge in [-0.15, -0.1) is 0 Å². The average Bonchev–Trinajstić information content (AvgIpc) is 2.47. The van der Waals surface area contributed by atoms with Gasteiger partial charge in [0, 0.05) is 17.8 Å². The van der Waals surface area contributed by atoms with Crippen LogP contribution in [0.5, 0.6) is 0 Å². The van der Waals surface area contributed by atoms with Crippen molar-refractivity contribution in [1.82, 2.24) is 4.98 Å². The van der Waals surface area contributed by atoms with Gasteiger partial charge in [-0.1, -0.05) is 24.3 Å².